The highest BCUT2D eigenvalue weighted by molar-refractivity contribution is 5.82. The fraction of sp³-hybridized carbons (Fsp3) is 0. The highest BCUT2D eigenvalue weighted by Crippen LogP contribution is 2.16. The molecule has 1 aromatic heterocycles. The molecule has 0 aromatic carbocycles. The summed E-state index contributed by atoms with van der Waals surface area (Å²) in [5.74, 6) is -0.0660. The third-order valence-corrected chi connectivity index (χ3v) is 1.23. The highest BCUT2D eigenvalue weighted by Gasteiger charge is 2.14. The van der Waals surface area contributed by atoms with E-state index in [-0.39, 0.29) is 11.4 Å². The van der Waals surface area contributed by atoms with Crippen LogP contribution in [0.3, 0.4) is 0 Å². The second-order valence-corrected chi connectivity index (χ2v) is 2.16. The van der Waals surface area contributed by atoms with Gasteiger partial charge in [0.25, 0.3) is 0 Å². The molecule has 0 radical (unpaired) electrons. The Kier molecular flexibility index (Phi) is 2.79. The van der Waals surface area contributed by atoms with Crippen molar-refractivity contribution < 1.29 is 14.1 Å². The molecule has 74 valence electrons. The van der Waals surface area contributed by atoms with Crippen LogP contribution in [-0.4, -0.2) is 17.2 Å². The first-order valence-corrected chi connectivity index (χ1v) is 3.41. The van der Waals surface area contributed by atoms with Crippen molar-refractivity contribution in [3.8, 4) is 0 Å². The van der Waals surface area contributed by atoms with Gasteiger partial charge >= 0.3 is 11.7 Å². The number of urea groups is 1. The summed E-state index contributed by atoms with van der Waals surface area (Å²) in [5.41, 5.74) is 6.34. The molecule has 0 spiro atoms. The van der Waals surface area contributed by atoms with E-state index in [2.05, 4.69) is 5.10 Å². The normalized spacial score (nSPS) is 10.3. The molecule has 0 aliphatic heterocycles. The van der Waals surface area contributed by atoms with Crippen LogP contribution in [0.25, 0.3) is 0 Å². The van der Waals surface area contributed by atoms with Crippen molar-refractivity contribution in [1.29, 1.82) is 0 Å². The second kappa shape index (κ2) is 4.03. The van der Waals surface area contributed by atoms with Gasteiger partial charge in [0.2, 0.25) is 5.76 Å². The Morgan fingerprint density at radius 2 is 2.50 bits per heavy atom. The molecule has 1 rings (SSSR count). The molecule has 0 saturated heterocycles. The molecule has 1 heterocycles. The molecule has 0 unspecified atom stereocenters. The second-order valence-electron chi connectivity index (χ2n) is 2.16. The summed E-state index contributed by atoms with van der Waals surface area (Å²) >= 11 is 0. The lowest BCUT2D eigenvalue weighted by molar-refractivity contribution is -0.385. The average Bonchev–Trinajstić information content (AvgIpc) is 2.51. The van der Waals surface area contributed by atoms with E-state index < -0.39 is 11.0 Å². The fourth-order valence-corrected chi connectivity index (χ4v) is 0.716. The number of rotatable bonds is 3. The Morgan fingerprint density at radius 1 is 1.79 bits per heavy atom. The number of carbonyl (C=O) groups excluding carboxylic acids is 1. The fourth-order valence-electron chi connectivity index (χ4n) is 0.716. The Bertz CT molecular complexity index is 383. The molecular formula is C6H6N4O4. The summed E-state index contributed by atoms with van der Waals surface area (Å²) in [7, 11) is 0. The maximum absolute atomic E-state index is 10.4. The zero-order chi connectivity index (χ0) is 10.6. The molecule has 14 heavy (non-hydrogen) atoms. The molecule has 8 heteroatoms. The zero-order valence-electron chi connectivity index (χ0n) is 6.84. The molecule has 0 atom stereocenters. The van der Waals surface area contributed by atoms with E-state index >= 15 is 0 Å². The van der Waals surface area contributed by atoms with Gasteiger partial charge in [0.1, 0.15) is 0 Å². The monoisotopic (exact) mass is 198 g/mol. The van der Waals surface area contributed by atoms with Gasteiger partial charge in [-0.05, 0) is 0 Å². The van der Waals surface area contributed by atoms with Crippen LogP contribution in [0.5, 0.6) is 0 Å². The first kappa shape index (κ1) is 9.71. The summed E-state index contributed by atoms with van der Waals surface area (Å²) in [6, 6.07) is 0.307. The van der Waals surface area contributed by atoms with Gasteiger partial charge in [-0.2, -0.15) is 5.10 Å². The van der Waals surface area contributed by atoms with Crippen molar-refractivity contribution in [2.45, 2.75) is 0 Å². The Labute approximate surface area is 77.5 Å². The van der Waals surface area contributed by atoms with Gasteiger partial charge in [-0.25, -0.2) is 10.2 Å². The van der Waals surface area contributed by atoms with Crippen LogP contribution >= 0.6 is 0 Å². The lowest BCUT2D eigenvalue weighted by atomic mass is 10.4. The minimum absolute atomic E-state index is 0.0660. The van der Waals surface area contributed by atoms with E-state index in [1.54, 1.807) is 0 Å². The molecule has 2 amide bonds. The van der Waals surface area contributed by atoms with Crippen LogP contribution in [-0.2, 0) is 0 Å². The first-order valence-electron chi connectivity index (χ1n) is 3.41. The Balaban J connectivity index is 2.76. The highest BCUT2D eigenvalue weighted by atomic mass is 16.6. The smallest absolute Gasteiger partial charge is 0.332 e. The largest absolute Gasteiger partial charge is 0.456 e. The number of hydrogen-bond donors (Lipinski definition) is 2. The van der Waals surface area contributed by atoms with E-state index in [9.17, 15) is 14.9 Å². The van der Waals surface area contributed by atoms with Gasteiger partial charge in [-0.3, -0.25) is 10.1 Å². The quantitative estimate of drug-likeness (QED) is 0.408. The number of primary amides is 1. The molecular weight excluding hydrogens is 192 g/mol. The molecule has 0 saturated carbocycles. The number of amides is 2. The number of hydrazone groups is 1. The van der Waals surface area contributed by atoms with Crippen LogP contribution in [0.1, 0.15) is 5.76 Å². The topological polar surface area (TPSA) is 124 Å². The first-order chi connectivity index (χ1) is 6.61. The van der Waals surface area contributed by atoms with Crippen molar-refractivity contribution in [2.75, 3.05) is 0 Å². The number of hydrogen-bond acceptors (Lipinski definition) is 5. The maximum Gasteiger partial charge on any atom is 0.332 e. The van der Waals surface area contributed by atoms with Gasteiger partial charge in [-0.15, -0.1) is 0 Å². The van der Waals surface area contributed by atoms with Crippen molar-refractivity contribution >= 4 is 17.9 Å². The number of furan rings is 1. The summed E-state index contributed by atoms with van der Waals surface area (Å²) in [5, 5.41) is 13.7. The molecule has 0 aliphatic carbocycles. The van der Waals surface area contributed by atoms with Crippen LogP contribution in [0.15, 0.2) is 21.8 Å². The zero-order valence-corrected chi connectivity index (χ0v) is 6.84. The average molecular weight is 198 g/mol. The van der Waals surface area contributed by atoms with Crippen molar-refractivity contribution in [3.05, 3.63) is 28.2 Å². The minimum Gasteiger partial charge on any atom is -0.456 e. The Hall–Kier alpha value is -2.38. The van der Waals surface area contributed by atoms with Crippen molar-refractivity contribution in [2.24, 2.45) is 10.8 Å². The predicted octanol–water partition coefficient (Wildman–Crippen LogP) is 0.190. The standard InChI is InChI=1S/C6H6N4O4/c7-6(11)9-8-3-5-4(10(12)13)1-2-14-5/h1-3H,(H3,7,9,11). The maximum atomic E-state index is 10.4. The lowest BCUT2D eigenvalue weighted by Crippen LogP contribution is -2.24. The molecule has 8 nitrogen and oxygen atoms in total. The van der Waals surface area contributed by atoms with E-state index in [4.69, 9.17) is 10.2 Å². The molecule has 0 bridgehead atoms. The van der Waals surface area contributed by atoms with Gasteiger partial charge in [0.15, 0.2) is 0 Å². The van der Waals surface area contributed by atoms with Crippen LogP contribution in [0.2, 0.25) is 0 Å². The van der Waals surface area contributed by atoms with Crippen molar-refractivity contribution in [3.63, 3.8) is 0 Å². The summed E-state index contributed by atoms with van der Waals surface area (Å²) in [6.45, 7) is 0. The van der Waals surface area contributed by atoms with Crippen LogP contribution in [0.4, 0.5) is 10.5 Å². The lowest BCUT2D eigenvalue weighted by Gasteiger charge is -1.89. The Morgan fingerprint density at radius 3 is 3.07 bits per heavy atom. The predicted molar refractivity (Wildman–Crippen MR) is 45.7 cm³/mol. The summed E-state index contributed by atoms with van der Waals surface area (Å²) in [4.78, 5) is 19.9. The van der Waals surface area contributed by atoms with E-state index in [1.807, 2.05) is 5.43 Å². The third-order valence-electron chi connectivity index (χ3n) is 1.23. The van der Waals surface area contributed by atoms with Gasteiger partial charge in [0, 0.05) is 0 Å². The third kappa shape index (κ3) is 2.30. The van der Waals surface area contributed by atoms with E-state index in [0.717, 1.165) is 12.5 Å². The van der Waals surface area contributed by atoms with Gasteiger partial charge in [-0.1, -0.05) is 0 Å². The van der Waals surface area contributed by atoms with E-state index in [1.165, 1.54) is 6.07 Å². The molecule has 0 aliphatic rings. The molecule has 0 fully saturated rings. The minimum atomic E-state index is -0.865. The number of nitrogens with one attached hydrogen (secondary N) is 1. The molecule has 1 aromatic rings. The van der Waals surface area contributed by atoms with E-state index in [0.29, 0.717) is 0 Å². The SMILES string of the molecule is NC(=O)NN=Cc1occc1[N+](=O)[O-]. The van der Waals surface area contributed by atoms with Gasteiger partial charge < -0.3 is 10.2 Å². The van der Waals surface area contributed by atoms with Crippen LogP contribution in [0, 0.1) is 10.1 Å². The summed E-state index contributed by atoms with van der Waals surface area (Å²) < 4.78 is 4.72. The number of nitrogens with two attached hydrogens (primary N) is 1. The summed E-state index contributed by atoms with van der Waals surface area (Å²) in [6.07, 6.45) is 2.13. The van der Waals surface area contributed by atoms with Gasteiger partial charge in [0.05, 0.1) is 23.5 Å². The number of nitrogens with zero attached hydrogens (tertiary/aromatic N) is 2. The number of carbonyl (C=O) groups is 1. The molecule has 3 N–H and O–H groups in total. The number of nitro groups is 1. The van der Waals surface area contributed by atoms with Crippen molar-refractivity contribution in [1.82, 2.24) is 5.43 Å². The van der Waals surface area contributed by atoms with Crippen LogP contribution < -0.4 is 11.2 Å².